The van der Waals surface area contributed by atoms with E-state index in [2.05, 4.69) is 60.8 Å². The Balaban J connectivity index is 1.44. The average Bonchev–Trinajstić information content (AvgIpc) is 2.70. The lowest BCUT2D eigenvalue weighted by Gasteiger charge is -2.10. The van der Waals surface area contributed by atoms with Crippen LogP contribution >= 0.6 is 0 Å². The summed E-state index contributed by atoms with van der Waals surface area (Å²) in [6, 6.07) is 24.9. The Hall–Kier alpha value is -2.78. The van der Waals surface area contributed by atoms with Crippen LogP contribution in [0.3, 0.4) is 0 Å². The van der Waals surface area contributed by atoms with Crippen molar-refractivity contribution in [3.8, 4) is 11.5 Å². The molecule has 0 radical (unpaired) electrons. The summed E-state index contributed by atoms with van der Waals surface area (Å²) in [5, 5.41) is 3.50. The Kier molecular flexibility index (Phi) is 6.89. The van der Waals surface area contributed by atoms with Gasteiger partial charge in [0.25, 0.3) is 0 Å². The molecule has 0 aliphatic carbocycles. The molecule has 0 unspecified atom stereocenters. The van der Waals surface area contributed by atoms with E-state index in [1.165, 1.54) is 22.3 Å². The van der Waals surface area contributed by atoms with E-state index in [-0.39, 0.29) is 0 Å². The summed E-state index contributed by atoms with van der Waals surface area (Å²) in [5.41, 5.74) is 4.98. The van der Waals surface area contributed by atoms with E-state index in [1.807, 2.05) is 24.3 Å². The van der Waals surface area contributed by atoms with Crippen LogP contribution < -0.4 is 14.8 Å². The third kappa shape index (κ3) is 6.15. The fraction of sp³-hybridized carbons (Fsp3) is 0.250. The summed E-state index contributed by atoms with van der Waals surface area (Å²) in [4.78, 5) is 0. The topological polar surface area (TPSA) is 30.5 Å². The molecule has 0 saturated carbocycles. The maximum atomic E-state index is 5.95. The van der Waals surface area contributed by atoms with Crippen molar-refractivity contribution in [3.05, 3.63) is 95.1 Å². The van der Waals surface area contributed by atoms with Crippen LogP contribution in [0, 0.1) is 6.92 Å². The van der Waals surface area contributed by atoms with E-state index in [9.17, 15) is 0 Å². The molecular formula is C24H27NO2. The zero-order valence-corrected chi connectivity index (χ0v) is 16.1. The zero-order valence-electron chi connectivity index (χ0n) is 16.1. The van der Waals surface area contributed by atoms with Gasteiger partial charge < -0.3 is 14.8 Å². The molecule has 0 fully saturated rings. The van der Waals surface area contributed by atoms with Gasteiger partial charge in [-0.05, 0) is 60.8 Å². The van der Waals surface area contributed by atoms with Gasteiger partial charge in [-0.25, -0.2) is 0 Å². The molecule has 0 amide bonds. The van der Waals surface area contributed by atoms with Gasteiger partial charge in [0.2, 0.25) is 0 Å². The number of benzene rings is 3. The normalized spacial score (nSPS) is 10.6. The van der Waals surface area contributed by atoms with Crippen LogP contribution in [-0.2, 0) is 19.6 Å². The van der Waals surface area contributed by atoms with Crippen LogP contribution in [0.2, 0.25) is 0 Å². The fourth-order valence-electron chi connectivity index (χ4n) is 2.97. The van der Waals surface area contributed by atoms with E-state index >= 15 is 0 Å². The van der Waals surface area contributed by atoms with Crippen molar-refractivity contribution < 1.29 is 9.47 Å². The highest BCUT2D eigenvalue weighted by Gasteiger charge is 2.00. The lowest BCUT2D eigenvalue weighted by Crippen LogP contribution is -2.16. The summed E-state index contributed by atoms with van der Waals surface area (Å²) in [5.74, 6) is 1.81. The molecule has 0 bridgehead atoms. The molecule has 0 aliphatic heterocycles. The molecule has 3 rings (SSSR count). The lowest BCUT2D eigenvalue weighted by atomic mass is 10.1. The number of hydrogen-bond donors (Lipinski definition) is 1. The summed E-state index contributed by atoms with van der Waals surface area (Å²) < 4.78 is 11.1. The van der Waals surface area contributed by atoms with Crippen molar-refractivity contribution in [2.45, 2.75) is 26.5 Å². The number of ether oxygens (including phenoxy) is 2. The maximum Gasteiger partial charge on any atom is 0.120 e. The highest BCUT2D eigenvalue weighted by molar-refractivity contribution is 5.30. The van der Waals surface area contributed by atoms with E-state index in [4.69, 9.17) is 9.47 Å². The molecule has 0 aromatic heterocycles. The third-order valence-electron chi connectivity index (χ3n) is 4.47. The van der Waals surface area contributed by atoms with Crippen molar-refractivity contribution in [1.29, 1.82) is 0 Å². The molecule has 3 aromatic carbocycles. The molecule has 27 heavy (non-hydrogen) atoms. The molecule has 0 heterocycles. The first-order chi connectivity index (χ1) is 13.2. The lowest BCUT2D eigenvalue weighted by molar-refractivity contribution is 0.306. The minimum absolute atomic E-state index is 0.593. The summed E-state index contributed by atoms with van der Waals surface area (Å²) in [7, 11) is 1.69. The Morgan fingerprint density at radius 1 is 0.778 bits per heavy atom. The van der Waals surface area contributed by atoms with Crippen LogP contribution in [0.15, 0.2) is 72.8 Å². The minimum Gasteiger partial charge on any atom is -0.497 e. The van der Waals surface area contributed by atoms with Crippen LogP contribution in [0.1, 0.15) is 22.3 Å². The minimum atomic E-state index is 0.593. The van der Waals surface area contributed by atoms with Gasteiger partial charge in [0.1, 0.15) is 18.1 Å². The molecule has 3 nitrogen and oxygen atoms in total. The Morgan fingerprint density at radius 3 is 2.33 bits per heavy atom. The highest BCUT2D eigenvalue weighted by Crippen LogP contribution is 2.16. The van der Waals surface area contributed by atoms with Gasteiger partial charge in [0.15, 0.2) is 0 Å². The first-order valence-corrected chi connectivity index (χ1v) is 9.34. The summed E-state index contributed by atoms with van der Waals surface area (Å²) >= 11 is 0. The predicted octanol–water partition coefficient (Wildman–Crippen LogP) is 4.91. The number of nitrogens with one attached hydrogen (secondary N) is 1. The fourth-order valence-corrected chi connectivity index (χ4v) is 2.97. The first kappa shape index (κ1) is 19.0. The van der Waals surface area contributed by atoms with E-state index < -0.39 is 0 Å². The maximum absolute atomic E-state index is 5.95. The van der Waals surface area contributed by atoms with Gasteiger partial charge in [-0.3, -0.25) is 0 Å². The number of rotatable bonds is 9. The van der Waals surface area contributed by atoms with Crippen LogP contribution in [0.5, 0.6) is 11.5 Å². The zero-order chi connectivity index (χ0) is 18.9. The first-order valence-electron chi connectivity index (χ1n) is 9.34. The monoisotopic (exact) mass is 361 g/mol. The summed E-state index contributed by atoms with van der Waals surface area (Å²) in [6.45, 7) is 4.45. The van der Waals surface area contributed by atoms with Gasteiger partial charge in [-0.15, -0.1) is 0 Å². The molecule has 1 N–H and O–H groups in total. The van der Waals surface area contributed by atoms with Crippen molar-refractivity contribution in [1.82, 2.24) is 5.32 Å². The Morgan fingerprint density at radius 2 is 1.56 bits per heavy atom. The van der Waals surface area contributed by atoms with Crippen molar-refractivity contribution >= 4 is 0 Å². The molecule has 0 saturated heterocycles. The van der Waals surface area contributed by atoms with Gasteiger partial charge in [-0.1, -0.05) is 54.1 Å². The largest absolute Gasteiger partial charge is 0.497 e. The van der Waals surface area contributed by atoms with E-state index in [0.29, 0.717) is 6.61 Å². The standard InChI is InChI=1S/C24H27NO2/c1-19-5-3-7-22(15-19)18-27-24-8-4-6-21(16-24)17-25-14-13-20-9-11-23(26-2)12-10-20/h3-12,15-16,25H,13-14,17-18H2,1-2H3. The SMILES string of the molecule is COc1ccc(CCNCc2cccc(OCc3cccc(C)c3)c2)cc1. The van der Waals surface area contributed by atoms with E-state index in [0.717, 1.165) is 31.0 Å². The summed E-state index contributed by atoms with van der Waals surface area (Å²) in [6.07, 6.45) is 0.994. The predicted molar refractivity (Wildman–Crippen MR) is 110 cm³/mol. The average molecular weight is 361 g/mol. The second kappa shape index (κ2) is 9.79. The molecule has 140 valence electrons. The second-order valence-corrected chi connectivity index (χ2v) is 6.70. The number of methoxy groups -OCH3 is 1. The van der Waals surface area contributed by atoms with E-state index in [1.54, 1.807) is 7.11 Å². The quantitative estimate of drug-likeness (QED) is 0.549. The van der Waals surface area contributed by atoms with Crippen LogP contribution in [0.4, 0.5) is 0 Å². The van der Waals surface area contributed by atoms with Gasteiger partial charge in [0, 0.05) is 6.54 Å². The molecule has 3 aromatic rings. The van der Waals surface area contributed by atoms with Gasteiger partial charge in [-0.2, -0.15) is 0 Å². The molecular weight excluding hydrogens is 334 g/mol. The molecule has 0 aliphatic rings. The third-order valence-corrected chi connectivity index (χ3v) is 4.47. The second-order valence-electron chi connectivity index (χ2n) is 6.70. The Labute approximate surface area is 162 Å². The molecule has 0 atom stereocenters. The number of aryl methyl sites for hydroxylation is 1. The number of hydrogen-bond acceptors (Lipinski definition) is 3. The van der Waals surface area contributed by atoms with Crippen molar-refractivity contribution in [2.24, 2.45) is 0 Å². The molecule has 3 heteroatoms. The van der Waals surface area contributed by atoms with Gasteiger partial charge >= 0.3 is 0 Å². The molecule has 0 spiro atoms. The smallest absolute Gasteiger partial charge is 0.120 e. The van der Waals surface area contributed by atoms with Crippen LogP contribution in [-0.4, -0.2) is 13.7 Å². The van der Waals surface area contributed by atoms with Crippen LogP contribution in [0.25, 0.3) is 0 Å². The highest BCUT2D eigenvalue weighted by atomic mass is 16.5. The van der Waals surface area contributed by atoms with Crippen molar-refractivity contribution in [2.75, 3.05) is 13.7 Å². The Bertz CT molecular complexity index is 843. The van der Waals surface area contributed by atoms with Crippen molar-refractivity contribution in [3.63, 3.8) is 0 Å². The van der Waals surface area contributed by atoms with Gasteiger partial charge in [0.05, 0.1) is 7.11 Å².